The normalized spacial score (nSPS) is 35.9. The molecule has 4 aliphatic carbocycles. The predicted molar refractivity (Wildman–Crippen MR) is 142 cm³/mol. The van der Waals surface area contributed by atoms with Crippen LogP contribution in [0.15, 0.2) is 48.7 Å². The van der Waals surface area contributed by atoms with Gasteiger partial charge in [0.15, 0.2) is 11.2 Å². The van der Waals surface area contributed by atoms with E-state index in [-0.39, 0.29) is 11.2 Å². The Morgan fingerprint density at radius 2 is 1.57 bits per heavy atom. The maximum Gasteiger partial charge on any atom is 0.177 e. The monoisotopic (exact) mass is 527 g/mol. The van der Waals surface area contributed by atoms with Crippen LogP contribution in [0.25, 0.3) is 6.08 Å². The molecular weight excluding hydrogens is 501 g/mol. The highest BCUT2D eigenvalue weighted by Crippen LogP contribution is 2.65. The van der Waals surface area contributed by atoms with E-state index >= 15 is 0 Å². The first-order valence-corrected chi connectivity index (χ1v) is 14.0. The summed E-state index contributed by atoms with van der Waals surface area (Å²) in [7, 11) is 0. The summed E-state index contributed by atoms with van der Waals surface area (Å²) >= 11 is 12.8. The van der Waals surface area contributed by atoms with Gasteiger partial charge in [0.2, 0.25) is 0 Å². The Morgan fingerprint density at radius 3 is 2.19 bits per heavy atom. The third kappa shape index (κ3) is 3.16. The van der Waals surface area contributed by atoms with Crippen molar-refractivity contribution in [3.63, 3.8) is 0 Å². The molecular formula is C31H27Cl2N3O. The molecule has 8 rings (SSSR count). The van der Waals surface area contributed by atoms with E-state index in [0.717, 1.165) is 36.0 Å². The first-order valence-electron chi connectivity index (χ1n) is 13.3. The number of ketones is 1. The predicted octanol–water partition coefficient (Wildman–Crippen LogP) is 7.31. The number of benzene rings is 2. The first-order chi connectivity index (χ1) is 17.9. The minimum atomic E-state index is -1.47. The van der Waals surface area contributed by atoms with Crippen molar-refractivity contribution in [3.05, 3.63) is 75.4 Å². The number of hydrogen-bond acceptors (Lipinski definition) is 4. The SMILES string of the molecule is N#CC1(C#N)C2c3ccccc3C=CN2[C@H](C(=O)C23CC4CC(CC(C4)C2)C3)[C@H]1c1ccc(Cl)c(Cl)c1. The summed E-state index contributed by atoms with van der Waals surface area (Å²) in [5.41, 5.74) is 0.777. The van der Waals surface area contributed by atoms with Crippen molar-refractivity contribution >= 4 is 35.1 Å². The smallest absolute Gasteiger partial charge is 0.177 e. The zero-order valence-electron chi connectivity index (χ0n) is 20.4. The second-order valence-corrected chi connectivity index (χ2v) is 12.9. The molecule has 2 heterocycles. The van der Waals surface area contributed by atoms with Crippen molar-refractivity contribution in [1.82, 2.24) is 4.90 Å². The van der Waals surface area contributed by atoms with Crippen LogP contribution in [-0.4, -0.2) is 16.7 Å². The molecule has 2 aromatic rings. The molecule has 6 aliphatic rings. The van der Waals surface area contributed by atoms with Gasteiger partial charge >= 0.3 is 0 Å². The Hall–Kier alpha value is -2.79. The molecule has 4 nitrogen and oxygen atoms in total. The Labute approximate surface area is 227 Å². The minimum absolute atomic E-state index is 0.212. The molecule has 4 saturated carbocycles. The van der Waals surface area contributed by atoms with Crippen LogP contribution < -0.4 is 0 Å². The van der Waals surface area contributed by atoms with Gasteiger partial charge in [0.1, 0.15) is 0 Å². The summed E-state index contributed by atoms with van der Waals surface area (Å²) in [6, 6.07) is 16.9. The fourth-order valence-corrected chi connectivity index (χ4v) is 9.41. The van der Waals surface area contributed by atoms with Gasteiger partial charge in [-0.05, 0) is 91.2 Å². The van der Waals surface area contributed by atoms with Gasteiger partial charge in [-0.3, -0.25) is 4.79 Å². The standard InChI is InChI=1S/C31H27Cl2N3O/c32-24-6-5-22(12-25(24)33)26-27(29(37)30-13-18-9-19(14-30)11-20(10-18)15-30)36-8-7-21-3-1-2-4-23(21)28(36)31(26,16-34)17-35/h1-8,12,18-20,26-28H,9-11,13-15H2/t18?,19?,20?,26-,27+,28?,30?/m1/s1. The molecule has 0 N–H and O–H groups in total. The second-order valence-electron chi connectivity index (χ2n) is 12.0. The Balaban J connectivity index is 1.44. The molecule has 0 radical (unpaired) electrons. The number of hydrogen-bond donors (Lipinski definition) is 0. The molecule has 2 aliphatic heterocycles. The lowest BCUT2D eigenvalue weighted by molar-refractivity contribution is -0.148. The highest BCUT2D eigenvalue weighted by molar-refractivity contribution is 6.42. The highest BCUT2D eigenvalue weighted by atomic mass is 35.5. The zero-order chi connectivity index (χ0) is 25.5. The number of halogens is 2. The molecule has 5 fully saturated rings. The van der Waals surface area contributed by atoms with Crippen molar-refractivity contribution in [1.29, 1.82) is 10.5 Å². The van der Waals surface area contributed by atoms with Gasteiger partial charge in [0, 0.05) is 17.5 Å². The van der Waals surface area contributed by atoms with E-state index in [4.69, 9.17) is 23.2 Å². The summed E-state index contributed by atoms with van der Waals surface area (Å²) in [6.45, 7) is 0. The summed E-state index contributed by atoms with van der Waals surface area (Å²) < 4.78 is 0. The summed E-state index contributed by atoms with van der Waals surface area (Å²) in [6.07, 6.45) is 10.5. The van der Waals surface area contributed by atoms with Crippen molar-refractivity contribution in [2.45, 2.75) is 56.5 Å². The van der Waals surface area contributed by atoms with Gasteiger partial charge in [0.25, 0.3) is 0 Å². The van der Waals surface area contributed by atoms with Crippen LogP contribution in [0, 0.1) is 51.2 Å². The largest absolute Gasteiger partial charge is 0.357 e. The maximum absolute atomic E-state index is 15.0. The second kappa shape index (κ2) is 8.10. The van der Waals surface area contributed by atoms with Crippen LogP contribution >= 0.6 is 23.2 Å². The maximum atomic E-state index is 15.0. The van der Waals surface area contributed by atoms with E-state index in [1.54, 1.807) is 12.1 Å². The molecule has 3 atom stereocenters. The third-order valence-corrected chi connectivity index (χ3v) is 10.8. The van der Waals surface area contributed by atoms with Crippen molar-refractivity contribution in [3.8, 4) is 12.1 Å². The van der Waals surface area contributed by atoms with Crippen LogP contribution in [0.2, 0.25) is 10.0 Å². The molecule has 1 saturated heterocycles. The number of rotatable bonds is 3. The fourth-order valence-electron chi connectivity index (χ4n) is 9.10. The number of nitrogens with zero attached hydrogens (tertiary/aromatic N) is 3. The third-order valence-electron chi connectivity index (χ3n) is 10.1. The van der Waals surface area contributed by atoms with Crippen LogP contribution in [0.3, 0.4) is 0 Å². The van der Waals surface area contributed by atoms with Gasteiger partial charge in [-0.2, -0.15) is 10.5 Å². The zero-order valence-corrected chi connectivity index (χ0v) is 21.9. The average molecular weight is 528 g/mol. The Kier molecular flexibility index (Phi) is 5.11. The first kappa shape index (κ1) is 23.3. The molecule has 4 bridgehead atoms. The van der Waals surface area contributed by atoms with Crippen LogP contribution in [0.5, 0.6) is 0 Å². The van der Waals surface area contributed by atoms with Crippen molar-refractivity contribution in [2.24, 2.45) is 28.6 Å². The molecule has 0 amide bonds. The quantitative estimate of drug-likeness (QED) is 0.419. The van der Waals surface area contributed by atoms with Crippen molar-refractivity contribution < 1.29 is 4.79 Å². The Morgan fingerprint density at radius 1 is 0.919 bits per heavy atom. The lowest BCUT2D eigenvalue weighted by Crippen LogP contribution is -2.55. The summed E-state index contributed by atoms with van der Waals surface area (Å²) in [4.78, 5) is 17.0. The van der Waals surface area contributed by atoms with Gasteiger partial charge in [-0.25, -0.2) is 0 Å². The van der Waals surface area contributed by atoms with Gasteiger partial charge in [-0.1, -0.05) is 53.5 Å². The number of fused-ring (bicyclic) bond motifs is 3. The number of Topliss-reactive ketones (excluding diaryl/α,β-unsaturated/α-hetero) is 1. The van der Waals surface area contributed by atoms with E-state index in [1.165, 1.54) is 19.3 Å². The number of nitriles is 2. The van der Waals surface area contributed by atoms with Crippen LogP contribution in [-0.2, 0) is 4.79 Å². The minimum Gasteiger partial charge on any atom is -0.357 e. The summed E-state index contributed by atoms with van der Waals surface area (Å²) in [5.74, 6) is 1.41. The molecule has 186 valence electrons. The van der Waals surface area contributed by atoms with E-state index in [2.05, 4.69) is 12.1 Å². The van der Waals surface area contributed by atoms with E-state index < -0.39 is 23.4 Å². The van der Waals surface area contributed by atoms with Gasteiger partial charge in [-0.15, -0.1) is 0 Å². The van der Waals surface area contributed by atoms with E-state index in [0.29, 0.717) is 27.8 Å². The topological polar surface area (TPSA) is 67.9 Å². The molecule has 0 spiro atoms. The highest BCUT2D eigenvalue weighted by Gasteiger charge is 2.67. The molecule has 6 heteroatoms. The van der Waals surface area contributed by atoms with Crippen LogP contribution in [0.4, 0.5) is 0 Å². The van der Waals surface area contributed by atoms with Gasteiger partial charge in [0.05, 0.1) is 34.3 Å². The van der Waals surface area contributed by atoms with Gasteiger partial charge < -0.3 is 4.90 Å². The molecule has 0 aromatic heterocycles. The van der Waals surface area contributed by atoms with E-state index in [9.17, 15) is 15.3 Å². The van der Waals surface area contributed by atoms with Crippen molar-refractivity contribution in [2.75, 3.05) is 0 Å². The molecule has 2 aromatic carbocycles. The average Bonchev–Trinajstić information content (AvgIpc) is 3.20. The lowest BCUT2D eigenvalue weighted by atomic mass is 9.47. The van der Waals surface area contributed by atoms with Crippen LogP contribution in [0.1, 0.15) is 67.2 Å². The molecule has 37 heavy (non-hydrogen) atoms. The molecule has 1 unspecified atom stereocenters. The fraction of sp³-hybridized carbons (Fsp3) is 0.452. The van der Waals surface area contributed by atoms with E-state index in [1.807, 2.05) is 47.5 Å². The number of carbonyl (C=O) groups is 1. The number of carbonyl (C=O) groups excluding carboxylic acids is 1. The lowest BCUT2D eigenvalue weighted by Gasteiger charge is -2.57. The Bertz CT molecular complexity index is 1380. The summed E-state index contributed by atoms with van der Waals surface area (Å²) in [5, 5.41) is 22.3.